The molecule has 1 fully saturated rings. The molecule has 0 spiro atoms. The van der Waals surface area contributed by atoms with E-state index in [0.717, 1.165) is 63.5 Å². The van der Waals surface area contributed by atoms with E-state index in [2.05, 4.69) is 66.3 Å². The Hall–Kier alpha value is -2.22. The van der Waals surface area contributed by atoms with Crippen molar-refractivity contribution in [2.45, 2.75) is 59.7 Å². The highest BCUT2D eigenvalue weighted by molar-refractivity contribution is 7.11. The lowest BCUT2D eigenvalue weighted by Crippen LogP contribution is -2.45. The summed E-state index contributed by atoms with van der Waals surface area (Å²) < 4.78 is 15.8. The van der Waals surface area contributed by atoms with E-state index in [9.17, 15) is 4.39 Å². The van der Waals surface area contributed by atoms with Crippen LogP contribution in [0.1, 0.15) is 48.2 Å². The molecule has 4 rings (SSSR count). The van der Waals surface area contributed by atoms with Crippen molar-refractivity contribution in [1.82, 2.24) is 19.6 Å². The van der Waals surface area contributed by atoms with Gasteiger partial charge in [0.05, 0.1) is 11.4 Å². The van der Waals surface area contributed by atoms with Crippen LogP contribution >= 0.6 is 11.3 Å². The van der Waals surface area contributed by atoms with Crippen molar-refractivity contribution in [1.29, 1.82) is 0 Å². The van der Waals surface area contributed by atoms with Gasteiger partial charge in [0.1, 0.15) is 11.6 Å². The topological polar surface area (TPSA) is 27.5 Å². The lowest BCUT2D eigenvalue weighted by atomic mass is 10.1. The third-order valence-electron chi connectivity index (χ3n) is 6.98. The molecule has 7 heteroatoms. The van der Waals surface area contributed by atoms with Gasteiger partial charge in [-0.1, -0.05) is 13.8 Å². The molecule has 2 aromatic heterocycles. The van der Waals surface area contributed by atoms with Gasteiger partial charge in [-0.2, -0.15) is 5.10 Å². The molecule has 1 atom stereocenters. The maximum atomic E-state index is 13.7. The zero-order valence-corrected chi connectivity index (χ0v) is 22.0. The zero-order valence-electron chi connectivity index (χ0n) is 21.2. The van der Waals surface area contributed by atoms with E-state index in [1.165, 1.54) is 33.3 Å². The number of aryl methyl sites for hydroxylation is 2. The quantitative estimate of drug-likeness (QED) is 0.402. The number of benzene rings is 1. The van der Waals surface area contributed by atoms with Gasteiger partial charge in [-0.3, -0.25) is 4.90 Å². The van der Waals surface area contributed by atoms with Crippen LogP contribution in [-0.2, 0) is 19.5 Å². The molecule has 1 aromatic carbocycles. The average Bonchev–Trinajstić information content (AvgIpc) is 3.42. The molecule has 0 amide bonds. The molecule has 0 bridgehead atoms. The van der Waals surface area contributed by atoms with Crippen LogP contribution in [0.15, 0.2) is 36.4 Å². The summed E-state index contributed by atoms with van der Waals surface area (Å²) >= 11 is 1.89. The number of hydrogen-bond donors (Lipinski definition) is 0. The molecule has 0 saturated carbocycles. The number of hydrogen-bond acceptors (Lipinski definition) is 5. The average molecular weight is 484 g/mol. The molecule has 0 aliphatic carbocycles. The van der Waals surface area contributed by atoms with Gasteiger partial charge in [-0.25, -0.2) is 9.07 Å². The molecule has 1 unspecified atom stereocenters. The fourth-order valence-corrected chi connectivity index (χ4v) is 5.55. The van der Waals surface area contributed by atoms with E-state index in [0.29, 0.717) is 6.04 Å². The number of likely N-dealkylation sites (N-methyl/N-ethyl adjacent to an activating group) is 1. The van der Waals surface area contributed by atoms with Gasteiger partial charge in [-0.15, -0.1) is 11.3 Å². The molecular weight excluding hydrogens is 445 g/mol. The van der Waals surface area contributed by atoms with Gasteiger partial charge in [0.25, 0.3) is 0 Å². The molecule has 1 aliphatic heterocycles. The van der Waals surface area contributed by atoms with Crippen LogP contribution in [0.4, 0.5) is 10.2 Å². The summed E-state index contributed by atoms with van der Waals surface area (Å²) in [7, 11) is 2.18. The van der Waals surface area contributed by atoms with Crippen LogP contribution < -0.4 is 4.90 Å². The Balaban J connectivity index is 1.76. The Morgan fingerprint density at radius 3 is 2.32 bits per heavy atom. The minimum Gasteiger partial charge on any atom is -0.354 e. The zero-order chi connectivity index (χ0) is 24.2. The van der Waals surface area contributed by atoms with Crippen molar-refractivity contribution in [3.05, 3.63) is 63.2 Å². The van der Waals surface area contributed by atoms with Crippen molar-refractivity contribution in [2.24, 2.45) is 0 Å². The monoisotopic (exact) mass is 483 g/mol. The highest BCUT2D eigenvalue weighted by atomic mass is 32.1. The van der Waals surface area contributed by atoms with Gasteiger partial charge in [0, 0.05) is 60.6 Å². The van der Waals surface area contributed by atoms with Crippen LogP contribution in [0.25, 0.3) is 5.69 Å². The first kappa shape index (κ1) is 24.9. The summed E-state index contributed by atoms with van der Waals surface area (Å²) in [5.41, 5.74) is 3.36. The molecule has 0 radical (unpaired) electrons. The van der Waals surface area contributed by atoms with E-state index < -0.39 is 0 Å². The first-order valence-corrected chi connectivity index (χ1v) is 13.3. The molecule has 3 aromatic rings. The van der Waals surface area contributed by atoms with Gasteiger partial charge in [0.15, 0.2) is 0 Å². The summed E-state index contributed by atoms with van der Waals surface area (Å²) in [5, 5.41) is 5.09. The van der Waals surface area contributed by atoms with E-state index >= 15 is 0 Å². The second kappa shape index (κ2) is 11.0. The Morgan fingerprint density at radius 1 is 1.03 bits per heavy atom. The summed E-state index contributed by atoms with van der Waals surface area (Å²) in [6, 6.07) is 11.7. The van der Waals surface area contributed by atoms with Crippen molar-refractivity contribution < 1.29 is 4.39 Å². The van der Waals surface area contributed by atoms with Crippen LogP contribution in [0.2, 0.25) is 0 Å². The minimum atomic E-state index is -0.220. The highest BCUT2D eigenvalue weighted by Crippen LogP contribution is 2.32. The fourth-order valence-electron chi connectivity index (χ4n) is 4.64. The molecule has 1 aliphatic rings. The normalized spacial score (nSPS) is 15.9. The third kappa shape index (κ3) is 5.53. The van der Waals surface area contributed by atoms with Crippen LogP contribution in [0.5, 0.6) is 0 Å². The van der Waals surface area contributed by atoms with Crippen molar-refractivity contribution in [3.63, 3.8) is 0 Å². The Labute approximate surface area is 207 Å². The van der Waals surface area contributed by atoms with Gasteiger partial charge >= 0.3 is 0 Å². The van der Waals surface area contributed by atoms with Gasteiger partial charge < -0.3 is 9.80 Å². The molecule has 5 nitrogen and oxygen atoms in total. The van der Waals surface area contributed by atoms with E-state index in [-0.39, 0.29) is 5.82 Å². The summed E-state index contributed by atoms with van der Waals surface area (Å²) in [5.74, 6) is 0.953. The number of nitrogens with zero attached hydrogens (tertiary/aromatic N) is 5. The van der Waals surface area contributed by atoms with Crippen LogP contribution in [0, 0.1) is 12.7 Å². The molecule has 3 heterocycles. The Morgan fingerprint density at radius 2 is 1.74 bits per heavy atom. The molecular formula is C27H38FN5S. The van der Waals surface area contributed by atoms with Crippen LogP contribution in [-0.4, -0.2) is 58.8 Å². The number of anilines is 1. The van der Waals surface area contributed by atoms with E-state index in [1.54, 1.807) is 0 Å². The lowest BCUT2D eigenvalue weighted by molar-refractivity contribution is 0.187. The number of thiophene rings is 1. The number of rotatable bonds is 9. The summed E-state index contributed by atoms with van der Waals surface area (Å²) in [6.45, 7) is 14.7. The molecule has 0 N–H and O–H groups in total. The summed E-state index contributed by atoms with van der Waals surface area (Å²) in [6.07, 6.45) is 1.97. The van der Waals surface area contributed by atoms with Crippen molar-refractivity contribution in [3.8, 4) is 5.69 Å². The highest BCUT2D eigenvalue weighted by Gasteiger charge is 2.28. The predicted molar refractivity (Wildman–Crippen MR) is 141 cm³/mol. The third-order valence-corrected chi connectivity index (χ3v) is 7.96. The summed E-state index contributed by atoms with van der Waals surface area (Å²) in [4.78, 5) is 10.2. The molecule has 1 saturated heterocycles. The van der Waals surface area contributed by atoms with Gasteiger partial charge in [0.2, 0.25) is 0 Å². The van der Waals surface area contributed by atoms with E-state index in [4.69, 9.17) is 5.10 Å². The van der Waals surface area contributed by atoms with Gasteiger partial charge in [-0.05, 0) is 70.1 Å². The maximum absolute atomic E-state index is 13.7. The second-order valence-corrected chi connectivity index (χ2v) is 10.8. The van der Waals surface area contributed by atoms with Crippen molar-refractivity contribution >= 4 is 17.2 Å². The Bertz CT molecular complexity index is 1070. The standard InChI is InChI=1S/C27H38FN5S/c1-6-20(3)32(18-24-13-8-21(4)34-24)19-25-26(7-2)29-33(23-11-9-22(28)10-12-23)27(25)31-16-14-30(5)15-17-31/h8-13,20H,6-7,14-19H2,1-5H3. The SMILES string of the molecule is CCc1nn(-c2ccc(F)cc2)c(N2CCN(C)CC2)c1CN(Cc1ccc(C)s1)C(C)CC. The first-order chi connectivity index (χ1) is 16.4. The largest absolute Gasteiger partial charge is 0.354 e. The van der Waals surface area contributed by atoms with Crippen LogP contribution in [0.3, 0.4) is 0 Å². The maximum Gasteiger partial charge on any atom is 0.137 e. The Kier molecular flexibility index (Phi) is 8.06. The number of aromatic nitrogens is 2. The predicted octanol–water partition coefficient (Wildman–Crippen LogP) is 5.50. The lowest BCUT2D eigenvalue weighted by Gasteiger charge is -2.36. The second-order valence-electron chi connectivity index (χ2n) is 9.46. The fraction of sp³-hybridized carbons (Fsp3) is 0.519. The smallest absolute Gasteiger partial charge is 0.137 e. The molecule has 184 valence electrons. The van der Waals surface area contributed by atoms with Crippen molar-refractivity contribution in [2.75, 3.05) is 38.1 Å². The number of halogens is 1. The van der Waals surface area contributed by atoms with E-state index in [1.807, 2.05) is 23.5 Å². The number of piperazine rings is 1. The minimum absolute atomic E-state index is 0.220. The first-order valence-electron chi connectivity index (χ1n) is 12.5. The molecule has 34 heavy (non-hydrogen) atoms.